The van der Waals surface area contributed by atoms with E-state index in [-0.39, 0.29) is 4.75 Å². The molecular weight excluding hydrogens is 360 g/mol. The van der Waals surface area contributed by atoms with E-state index in [1.165, 1.54) is 0 Å². The van der Waals surface area contributed by atoms with Gasteiger partial charge < -0.3 is 14.5 Å². The molecule has 0 saturated carbocycles. The predicted octanol–water partition coefficient (Wildman–Crippen LogP) is 2.59. The Morgan fingerprint density at radius 3 is 2.19 bits per heavy atom. The lowest BCUT2D eigenvalue weighted by atomic mass is 10.0. The van der Waals surface area contributed by atoms with Gasteiger partial charge in [0, 0.05) is 42.7 Å². The van der Waals surface area contributed by atoms with Crippen LogP contribution in [-0.2, 0) is 15.5 Å². The van der Waals surface area contributed by atoms with Crippen molar-refractivity contribution >= 4 is 33.5 Å². The highest BCUT2D eigenvalue weighted by atomic mass is 32.2. The van der Waals surface area contributed by atoms with Gasteiger partial charge in [0.25, 0.3) is 0 Å². The fourth-order valence-corrected chi connectivity index (χ4v) is 5.83. The zero-order valence-electron chi connectivity index (χ0n) is 16.2. The summed E-state index contributed by atoms with van der Waals surface area (Å²) >= 11 is 0. The first-order valence-corrected chi connectivity index (χ1v) is 11.2. The lowest BCUT2D eigenvalue weighted by Gasteiger charge is -2.42. The van der Waals surface area contributed by atoms with Crippen molar-refractivity contribution in [2.45, 2.75) is 31.4 Å². The Balaban J connectivity index is 1.78. The Morgan fingerprint density at radius 2 is 1.59 bits per heavy atom. The lowest BCUT2D eigenvalue weighted by Crippen LogP contribution is -2.53. The Hall–Kier alpha value is -1.73. The van der Waals surface area contributed by atoms with Gasteiger partial charge in [-0.25, -0.2) is 9.97 Å². The van der Waals surface area contributed by atoms with Crippen LogP contribution < -0.4 is 9.80 Å². The summed E-state index contributed by atoms with van der Waals surface area (Å²) in [5.41, 5.74) is 1.83. The van der Waals surface area contributed by atoms with Crippen molar-refractivity contribution in [3.8, 4) is 0 Å². The van der Waals surface area contributed by atoms with E-state index >= 15 is 0 Å². The second-order valence-electron chi connectivity index (χ2n) is 7.32. The first-order valence-electron chi connectivity index (χ1n) is 9.90. The number of para-hydroxylation sites is 2. The van der Waals surface area contributed by atoms with Gasteiger partial charge in [0.15, 0.2) is 11.6 Å². The maximum absolute atomic E-state index is 12.8. The molecular formula is C20H28N4O2S. The van der Waals surface area contributed by atoms with Gasteiger partial charge in [0.2, 0.25) is 0 Å². The largest absolute Gasteiger partial charge is 0.378 e. The summed E-state index contributed by atoms with van der Waals surface area (Å²) in [6, 6.07) is 8.04. The van der Waals surface area contributed by atoms with E-state index in [1.54, 1.807) is 0 Å². The van der Waals surface area contributed by atoms with Crippen LogP contribution in [0.3, 0.4) is 0 Å². The molecule has 3 heterocycles. The smallest absolute Gasteiger partial charge is 0.172 e. The van der Waals surface area contributed by atoms with E-state index in [4.69, 9.17) is 14.7 Å². The SMILES string of the molecule is CCC1(CC)CN(c2nc3ccccc3nc2N2CCOCC2)CCS1=O. The Morgan fingerprint density at radius 1 is 1.00 bits per heavy atom. The van der Waals surface area contributed by atoms with Crippen LogP contribution in [0.1, 0.15) is 26.7 Å². The van der Waals surface area contributed by atoms with E-state index in [9.17, 15) is 4.21 Å². The zero-order valence-corrected chi connectivity index (χ0v) is 17.0. The number of nitrogens with zero attached hydrogens (tertiary/aromatic N) is 4. The Labute approximate surface area is 163 Å². The van der Waals surface area contributed by atoms with Crippen molar-refractivity contribution in [1.82, 2.24) is 9.97 Å². The molecule has 2 fully saturated rings. The van der Waals surface area contributed by atoms with Crippen molar-refractivity contribution in [2.24, 2.45) is 0 Å². The fraction of sp³-hybridized carbons (Fsp3) is 0.600. The van der Waals surface area contributed by atoms with Gasteiger partial charge in [-0.05, 0) is 25.0 Å². The molecule has 1 unspecified atom stereocenters. The Kier molecular flexibility index (Phi) is 5.32. The van der Waals surface area contributed by atoms with Crippen LogP contribution in [0.5, 0.6) is 0 Å². The van der Waals surface area contributed by atoms with E-state index in [2.05, 4.69) is 23.6 Å². The average molecular weight is 389 g/mol. The van der Waals surface area contributed by atoms with E-state index < -0.39 is 10.8 Å². The van der Waals surface area contributed by atoms with Gasteiger partial charge >= 0.3 is 0 Å². The number of benzene rings is 1. The molecule has 1 aromatic carbocycles. The highest BCUT2D eigenvalue weighted by Crippen LogP contribution is 2.35. The molecule has 1 aromatic heterocycles. The van der Waals surface area contributed by atoms with Crippen molar-refractivity contribution in [2.75, 3.05) is 54.9 Å². The minimum atomic E-state index is -0.793. The minimum absolute atomic E-state index is 0.159. The molecule has 0 amide bonds. The molecule has 0 radical (unpaired) electrons. The van der Waals surface area contributed by atoms with Gasteiger partial charge in [-0.15, -0.1) is 0 Å². The third-order valence-corrected chi connectivity index (χ3v) is 8.17. The van der Waals surface area contributed by atoms with E-state index in [1.807, 2.05) is 24.3 Å². The summed E-state index contributed by atoms with van der Waals surface area (Å²) < 4.78 is 18.1. The fourth-order valence-electron chi connectivity index (χ4n) is 4.07. The number of hydrogen-bond acceptors (Lipinski definition) is 6. The molecule has 2 aliphatic rings. The maximum atomic E-state index is 12.8. The molecule has 0 N–H and O–H groups in total. The Bertz CT molecular complexity index is 834. The van der Waals surface area contributed by atoms with E-state index in [0.29, 0.717) is 19.0 Å². The van der Waals surface area contributed by atoms with Crippen molar-refractivity contribution in [3.63, 3.8) is 0 Å². The number of ether oxygens (including phenoxy) is 1. The third-order valence-electron chi connectivity index (χ3n) is 5.94. The number of fused-ring (bicyclic) bond motifs is 1. The van der Waals surface area contributed by atoms with Crippen molar-refractivity contribution in [1.29, 1.82) is 0 Å². The van der Waals surface area contributed by atoms with Gasteiger partial charge in [-0.2, -0.15) is 0 Å². The quantitative estimate of drug-likeness (QED) is 0.802. The van der Waals surface area contributed by atoms with Gasteiger partial charge in [-0.3, -0.25) is 4.21 Å². The molecule has 1 atom stereocenters. The molecule has 146 valence electrons. The summed E-state index contributed by atoms with van der Waals surface area (Å²) in [5, 5.41) is 0. The van der Waals surface area contributed by atoms with Crippen LogP contribution in [-0.4, -0.2) is 64.1 Å². The molecule has 27 heavy (non-hydrogen) atoms. The van der Waals surface area contributed by atoms with Crippen molar-refractivity contribution in [3.05, 3.63) is 24.3 Å². The van der Waals surface area contributed by atoms with Crippen molar-refractivity contribution < 1.29 is 8.95 Å². The number of anilines is 2. The van der Waals surface area contributed by atoms with Gasteiger partial charge in [0.1, 0.15) is 0 Å². The molecule has 2 saturated heterocycles. The standard InChI is InChI=1S/C20H28N4O2S/c1-3-20(4-2)15-24(11-14-27(20)25)19-18(23-9-12-26-13-10-23)21-16-7-5-6-8-17(16)22-19/h5-8H,3-4,9-15H2,1-2H3. The normalized spacial score (nSPS) is 23.0. The van der Waals surface area contributed by atoms with Crippen LogP contribution >= 0.6 is 0 Å². The number of morpholine rings is 1. The molecule has 0 bridgehead atoms. The molecule has 0 aliphatic carbocycles. The highest BCUT2D eigenvalue weighted by molar-refractivity contribution is 7.86. The first-order chi connectivity index (χ1) is 13.2. The molecule has 6 nitrogen and oxygen atoms in total. The molecule has 2 aromatic rings. The van der Waals surface area contributed by atoms with Crippen LogP contribution in [0, 0.1) is 0 Å². The topological polar surface area (TPSA) is 58.6 Å². The lowest BCUT2D eigenvalue weighted by molar-refractivity contribution is 0.122. The summed E-state index contributed by atoms with van der Waals surface area (Å²) in [6.45, 7) is 8.92. The summed E-state index contributed by atoms with van der Waals surface area (Å²) in [6.07, 6.45) is 1.83. The summed E-state index contributed by atoms with van der Waals surface area (Å²) in [7, 11) is -0.793. The number of rotatable bonds is 4. The average Bonchev–Trinajstić information content (AvgIpc) is 2.74. The summed E-state index contributed by atoms with van der Waals surface area (Å²) in [4.78, 5) is 14.6. The van der Waals surface area contributed by atoms with Crippen LogP contribution in [0.15, 0.2) is 24.3 Å². The molecule has 7 heteroatoms. The van der Waals surface area contributed by atoms with Crippen LogP contribution in [0.2, 0.25) is 0 Å². The van der Waals surface area contributed by atoms with Crippen LogP contribution in [0.25, 0.3) is 11.0 Å². The third kappa shape index (κ3) is 3.43. The maximum Gasteiger partial charge on any atom is 0.172 e. The van der Waals surface area contributed by atoms with E-state index in [0.717, 1.165) is 61.7 Å². The predicted molar refractivity (Wildman–Crippen MR) is 111 cm³/mol. The second kappa shape index (κ2) is 7.72. The van der Waals surface area contributed by atoms with Gasteiger partial charge in [0.05, 0.1) is 29.0 Å². The second-order valence-corrected chi connectivity index (χ2v) is 9.29. The monoisotopic (exact) mass is 388 g/mol. The highest BCUT2D eigenvalue weighted by Gasteiger charge is 2.40. The number of aromatic nitrogens is 2. The zero-order chi connectivity index (χ0) is 18.9. The van der Waals surface area contributed by atoms with Crippen LogP contribution in [0.4, 0.5) is 11.6 Å². The minimum Gasteiger partial charge on any atom is -0.378 e. The number of hydrogen-bond donors (Lipinski definition) is 0. The molecule has 2 aliphatic heterocycles. The summed E-state index contributed by atoms with van der Waals surface area (Å²) in [5.74, 6) is 2.56. The van der Waals surface area contributed by atoms with Gasteiger partial charge in [-0.1, -0.05) is 26.0 Å². The first kappa shape index (κ1) is 18.6. The molecule has 0 spiro atoms. The molecule has 4 rings (SSSR count).